The van der Waals surface area contributed by atoms with Gasteiger partial charge in [0.2, 0.25) is 0 Å². The first kappa shape index (κ1) is 15.5. The number of esters is 1. The molecular weight excluding hydrogens is 304 g/mol. The van der Waals surface area contributed by atoms with E-state index in [1.54, 1.807) is 12.1 Å². The van der Waals surface area contributed by atoms with Crippen LogP contribution in [0.3, 0.4) is 0 Å². The normalized spacial score (nSPS) is 9.92. The summed E-state index contributed by atoms with van der Waals surface area (Å²) in [7, 11) is 1.33. The number of ether oxygens (including phenoxy) is 1. The number of hydrogen-bond acceptors (Lipinski definition) is 5. The van der Waals surface area contributed by atoms with Gasteiger partial charge in [-0.25, -0.2) is 9.78 Å². The second-order valence-corrected chi connectivity index (χ2v) is 5.00. The Hall–Kier alpha value is -3.39. The van der Waals surface area contributed by atoms with Crippen LogP contribution in [0.5, 0.6) is 0 Å². The lowest BCUT2D eigenvalue weighted by molar-refractivity contribution is 0.0600. The number of benzene rings is 1. The summed E-state index contributed by atoms with van der Waals surface area (Å²) in [5.41, 5.74) is 3.19. The Balaban J connectivity index is 1.98. The monoisotopic (exact) mass is 318 g/mol. The van der Waals surface area contributed by atoms with Crippen LogP contribution in [0.25, 0.3) is 11.3 Å². The lowest BCUT2D eigenvalue weighted by Gasteiger charge is -1.98. The number of pyridine rings is 1. The first-order chi connectivity index (χ1) is 11.7. The van der Waals surface area contributed by atoms with Crippen molar-refractivity contribution in [3.8, 4) is 23.1 Å². The highest BCUT2D eigenvalue weighted by Gasteiger charge is 2.12. The number of methoxy groups -OCH3 is 1. The van der Waals surface area contributed by atoms with Crippen molar-refractivity contribution >= 4 is 5.97 Å². The first-order valence-corrected chi connectivity index (χ1v) is 7.27. The number of rotatable bonds is 2. The van der Waals surface area contributed by atoms with E-state index >= 15 is 0 Å². The van der Waals surface area contributed by atoms with Crippen LogP contribution in [0.1, 0.15) is 27.4 Å². The van der Waals surface area contributed by atoms with E-state index in [0.29, 0.717) is 28.3 Å². The molecule has 0 aliphatic heterocycles. The molecule has 0 unspecified atom stereocenters. The average Bonchev–Trinajstić information content (AvgIpc) is 3.01. The van der Waals surface area contributed by atoms with E-state index in [0.717, 1.165) is 5.56 Å². The minimum absolute atomic E-state index is 0.405. The highest BCUT2D eigenvalue weighted by Crippen LogP contribution is 2.24. The Morgan fingerprint density at radius 1 is 1.17 bits per heavy atom. The van der Waals surface area contributed by atoms with Crippen LogP contribution in [-0.2, 0) is 4.74 Å². The van der Waals surface area contributed by atoms with E-state index in [2.05, 4.69) is 22.0 Å². The van der Waals surface area contributed by atoms with Gasteiger partial charge >= 0.3 is 5.97 Å². The fraction of sp³-hybridized carbons (Fsp3) is 0.105. The predicted molar refractivity (Wildman–Crippen MR) is 88.2 cm³/mol. The maximum absolute atomic E-state index is 11.6. The molecule has 0 N–H and O–H groups in total. The van der Waals surface area contributed by atoms with Crippen LogP contribution < -0.4 is 0 Å². The van der Waals surface area contributed by atoms with Crippen LogP contribution in [0.4, 0.5) is 0 Å². The lowest BCUT2D eigenvalue weighted by atomic mass is 10.1. The summed E-state index contributed by atoms with van der Waals surface area (Å²) in [5, 5.41) is 4.09. The number of carbonyl (C=O) groups excluding carboxylic acids is 1. The van der Waals surface area contributed by atoms with E-state index in [1.807, 2.05) is 37.3 Å². The van der Waals surface area contributed by atoms with Crippen molar-refractivity contribution in [1.29, 1.82) is 0 Å². The largest absolute Gasteiger partial charge is 0.465 e. The second-order valence-electron chi connectivity index (χ2n) is 5.00. The molecule has 5 nitrogen and oxygen atoms in total. The zero-order chi connectivity index (χ0) is 16.9. The SMILES string of the molecule is COC(=O)c1ccnc(C#Cc2c(-c3ccccc3)noc2C)c1. The van der Waals surface area contributed by atoms with Gasteiger partial charge in [-0.1, -0.05) is 41.4 Å². The van der Waals surface area contributed by atoms with Crippen molar-refractivity contribution in [2.24, 2.45) is 0 Å². The highest BCUT2D eigenvalue weighted by molar-refractivity contribution is 5.89. The molecule has 2 aromatic heterocycles. The summed E-state index contributed by atoms with van der Waals surface area (Å²) in [4.78, 5) is 15.7. The molecular formula is C19H14N2O3. The fourth-order valence-electron chi connectivity index (χ4n) is 2.18. The van der Waals surface area contributed by atoms with E-state index in [4.69, 9.17) is 9.26 Å². The summed E-state index contributed by atoms with van der Waals surface area (Å²) in [6.07, 6.45) is 1.52. The molecule has 3 rings (SSSR count). The molecule has 0 bridgehead atoms. The predicted octanol–water partition coefficient (Wildman–Crippen LogP) is 3.23. The van der Waals surface area contributed by atoms with Gasteiger partial charge < -0.3 is 9.26 Å². The smallest absolute Gasteiger partial charge is 0.338 e. The van der Waals surface area contributed by atoms with E-state index < -0.39 is 5.97 Å². The summed E-state index contributed by atoms with van der Waals surface area (Å²) in [6.45, 7) is 1.81. The third-order valence-corrected chi connectivity index (χ3v) is 3.41. The van der Waals surface area contributed by atoms with Gasteiger partial charge in [-0.2, -0.15) is 0 Å². The van der Waals surface area contributed by atoms with Crippen molar-refractivity contribution in [3.05, 3.63) is 71.2 Å². The van der Waals surface area contributed by atoms with Crippen molar-refractivity contribution < 1.29 is 14.1 Å². The number of aromatic nitrogens is 2. The van der Waals surface area contributed by atoms with Gasteiger partial charge in [0.25, 0.3) is 0 Å². The molecule has 3 aromatic rings. The van der Waals surface area contributed by atoms with E-state index in [9.17, 15) is 4.79 Å². The molecule has 1 aromatic carbocycles. The van der Waals surface area contributed by atoms with Gasteiger partial charge in [-0.05, 0) is 25.0 Å². The standard InChI is InChI=1S/C19H14N2O3/c1-13-17(18(21-24-13)14-6-4-3-5-7-14)9-8-16-12-15(10-11-20-16)19(22)23-2/h3-7,10-12H,1-2H3. The molecule has 0 atom stereocenters. The highest BCUT2D eigenvalue weighted by atomic mass is 16.5. The Bertz CT molecular complexity index is 934. The van der Waals surface area contributed by atoms with E-state index in [-0.39, 0.29) is 0 Å². The van der Waals surface area contributed by atoms with Crippen molar-refractivity contribution in [1.82, 2.24) is 10.1 Å². The van der Waals surface area contributed by atoms with Gasteiger partial charge in [-0.3, -0.25) is 0 Å². The zero-order valence-electron chi connectivity index (χ0n) is 13.2. The minimum atomic E-state index is -0.424. The zero-order valence-corrected chi connectivity index (χ0v) is 13.2. The molecule has 0 amide bonds. The molecule has 5 heteroatoms. The average molecular weight is 318 g/mol. The topological polar surface area (TPSA) is 65.2 Å². The van der Waals surface area contributed by atoms with Crippen molar-refractivity contribution in [2.45, 2.75) is 6.92 Å². The van der Waals surface area contributed by atoms with Gasteiger partial charge in [0.15, 0.2) is 0 Å². The Morgan fingerprint density at radius 2 is 1.96 bits per heavy atom. The number of carbonyl (C=O) groups is 1. The van der Waals surface area contributed by atoms with Crippen LogP contribution in [0.15, 0.2) is 53.2 Å². The molecule has 2 heterocycles. The molecule has 0 fully saturated rings. The Morgan fingerprint density at radius 3 is 2.71 bits per heavy atom. The van der Waals surface area contributed by atoms with Crippen LogP contribution in [-0.4, -0.2) is 23.2 Å². The number of nitrogens with zero attached hydrogens (tertiary/aromatic N) is 2. The molecule has 0 radical (unpaired) electrons. The maximum atomic E-state index is 11.6. The third kappa shape index (κ3) is 3.18. The summed E-state index contributed by atoms with van der Waals surface area (Å²) in [5.74, 6) is 6.19. The fourth-order valence-corrected chi connectivity index (χ4v) is 2.18. The van der Waals surface area contributed by atoms with Gasteiger partial charge in [0.05, 0.1) is 18.2 Å². The molecule has 0 aliphatic carbocycles. The van der Waals surface area contributed by atoms with Gasteiger partial charge in [0, 0.05) is 11.8 Å². The molecule has 0 spiro atoms. The van der Waals surface area contributed by atoms with Crippen LogP contribution >= 0.6 is 0 Å². The van der Waals surface area contributed by atoms with E-state index in [1.165, 1.54) is 13.3 Å². The molecule has 0 saturated carbocycles. The number of hydrogen-bond donors (Lipinski definition) is 0. The van der Waals surface area contributed by atoms with Crippen LogP contribution in [0.2, 0.25) is 0 Å². The summed E-state index contributed by atoms with van der Waals surface area (Å²) in [6, 6.07) is 12.8. The maximum Gasteiger partial charge on any atom is 0.338 e. The molecule has 0 aliphatic rings. The Labute approximate surface area is 139 Å². The van der Waals surface area contributed by atoms with Crippen molar-refractivity contribution in [2.75, 3.05) is 7.11 Å². The first-order valence-electron chi connectivity index (χ1n) is 7.27. The quantitative estimate of drug-likeness (QED) is 0.536. The van der Waals surface area contributed by atoms with Crippen molar-refractivity contribution in [3.63, 3.8) is 0 Å². The van der Waals surface area contributed by atoms with Gasteiger partial charge in [-0.15, -0.1) is 0 Å². The minimum Gasteiger partial charge on any atom is -0.465 e. The molecule has 118 valence electrons. The lowest BCUT2D eigenvalue weighted by Crippen LogP contribution is -2.01. The van der Waals surface area contributed by atoms with Gasteiger partial charge in [0.1, 0.15) is 17.1 Å². The van der Waals surface area contributed by atoms with Crippen LogP contribution in [0, 0.1) is 18.8 Å². The molecule has 0 saturated heterocycles. The third-order valence-electron chi connectivity index (χ3n) is 3.41. The summed E-state index contributed by atoms with van der Waals surface area (Å²) < 4.78 is 9.97. The Kier molecular flexibility index (Phi) is 4.39. The summed E-state index contributed by atoms with van der Waals surface area (Å²) >= 11 is 0. The number of aryl methyl sites for hydroxylation is 1. The molecule has 24 heavy (non-hydrogen) atoms. The second kappa shape index (κ2) is 6.80.